The van der Waals surface area contributed by atoms with Crippen LogP contribution in [0.1, 0.15) is 0 Å². The summed E-state index contributed by atoms with van der Waals surface area (Å²) in [5, 5.41) is 6.85. The quantitative estimate of drug-likeness (QED) is 0.237. The summed E-state index contributed by atoms with van der Waals surface area (Å²) in [5.74, 6) is 0.597. The maximum Gasteiger partial charge on any atom is 0.228 e. The molecule has 9 aromatic rings. The highest BCUT2D eigenvalue weighted by atomic mass is 16.3. The molecule has 3 aromatic heterocycles. The van der Waals surface area contributed by atoms with Crippen molar-refractivity contribution in [1.29, 1.82) is 0 Å². The molecule has 0 N–H and O–H groups in total. The van der Waals surface area contributed by atoms with Crippen molar-refractivity contribution in [3.8, 4) is 17.1 Å². The average Bonchev–Trinajstić information content (AvgIpc) is 3.68. The Kier molecular flexibility index (Phi) is 4.02. The van der Waals surface area contributed by atoms with Crippen LogP contribution in [0, 0.1) is 0 Å². The van der Waals surface area contributed by atoms with Crippen molar-refractivity contribution >= 4 is 65.6 Å². The summed E-state index contributed by atoms with van der Waals surface area (Å²) in [6.45, 7) is 0. The third-order valence-electron chi connectivity index (χ3n) is 7.83. The third-order valence-corrected chi connectivity index (χ3v) is 7.83. The van der Waals surface area contributed by atoms with Crippen molar-refractivity contribution in [1.82, 2.24) is 9.55 Å². The topological polar surface area (TPSA) is 44.1 Å². The van der Waals surface area contributed by atoms with Crippen molar-refractivity contribution < 1.29 is 8.83 Å². The Bertz CT molecular complexity index is 2320. The molecule has 0 atom stereocenters. The van der Waals surface area contributed by atoms with Gasteiger partial charge in [0.25, 0.3) is 0 Å². The molecule has 9 rings (SSSR count). The first kappa shape index (κ1) is 20.7. The number of oxazole rings is 1. The molecule has 3 heterocycles. The summed E-state index contributed by atoms with van der Waals surface area (Å²) < 4.78 is 15.2. The second kappa shape index (κ2) is 7.59. The minimum Gasteiger partial charge on any atom is -0.456 e. The summed E-state index contributed by atoms with van der Waals surface area (Å²) in [6.07, 6.45) is 0. The molecule has 0 fully saturated rings. The first-order valence-electron chi connectivity index (χ1n) is 13.1. The molecule has 0 radical (unpaired) electrons. The van der Waals surface area contributed by atoms with Gasteiger partial charge in [-0.1, -0.05) is 78.9 Å². The van der Waals surface area contributed by atoms with Crippen molar-refractivity contribution in [2.45, 2.75) is 0 Å². The van der Waals surface area contributed by atoms with Crippen molar-refractivity contribution in [3.63, 3.8) is 0 Å². The number of furan rings is 1. The Morgan fingerprint density at radius 1 is 0.487 bits per heavy atom. The minimum atomic E-state index is 0.597. The van der Waals surface area contributed by atoms with E-state index in [1.807, 2.05) is 36.4 Å². The van der Waals surface area contributed by atoms with Crippen LogP contribution in [0.2, 0.25) is 0 Å². The zero-order valence-electron chi connectivity index (χ0n) is 20.8. The lowest BCUT2D eigenvalue weighted by Crippen LogP contribution is -1.95. The Morgan fingerprint density at radius 2 is 1.13 bits per heavy atom. The van der Waals surface area contributed by atoms with E-state index >= 15 is 0 Å². The lowest BCUT2D eigenvalue weighted by molar-refractivity contribution is 0.620. The van der Waals surface area contributed by atoms with Crippen molar-refractivity contribution in [2.75, 3.05) is 0 Å². The fraction of sp³-hybridized carbons (Fsp3) is 0. The Balaban J connectivity index is 1.43. The molecule has 0 aliphatic heterocycles. The monoisotopic (exact) mass is 500 g/mol. The summed E-state index contributed by atoms with van der Waals surface area (Å²) in [5.41, 5.74) is 7.64. The largest absolute Gasteiger partial charge is 0.456 e. The van der Waals surface area contributed by atoms with Gasteiger partial charge in [-0.15, -0.1) is 0 Å². The molecule has 0 saturated heterocycles. The van der Waals surface area contributed by atoms with Gasteiger partial charge in [-0.2, -0.15) is 0 Å². The molecule has 182 valence electrons. The van der Waals surface area contributed by atoms with Gasteiger partial charge in [-0.3, -0.25) is 0 Å². The number of rotatable bonds is 2. The second-order valence-corrected chi connectivity index (χ2v) is 9.95. The molecular weight excluding hydrogens is 480 g/mol. The van der Waals surface area contributed by atoms with Crippen LogP contribution in [0.3, 0.4) is 0 Å². The van der Waals surface area contributed by atoms with Gasteiger partial charge in [0, 0.05) is 38.6 Å². The van der Waals surface area contributed by atoms with Gasteiger partial charge in [-0.25, -0.2) is 4.98 Å². The van der Waals surface area contributed by atoms with Crippen LogP contribution >= 0.6 is 0 Å². The Morgan fingerprint density at radius 3 is 1.90 bits per heavy atom. The smallest absolute Gasteiger partial charge is 0.228 e. The van der Waals surface area contributed by atoms with E-state index in [1.165, 1.54) is 21.8 Å². The predicted molar refractivity (Wildman–Crippen MR) is 159 cm³/mol. The van der Waals surface area contributed by atoms with E-state index in [0.29, 0.717) is 5.89 Å². The van der Waals surface area contributed by atoms with Crippen LogP contribution in [0.15, 0.2) is 130 Å². The number of para-hydroxylation sites is 4. The lowest BCUT2D eigenvalue weighted by atomic mass is 9.99. The molecule has 4 nitrogen and oxygen atoms in total. The van der Waals surface area contributed by atoms with Gasteiger partial charge in [-0.05, 0) is 41.8 Å². The van der Waals surface area contributed by atoms with E-state index in [4.69, 9.17) is 13.8 Å². The summed E-state index contributed by atoms with van der Waals surface area (Å²) >= 11 is 0. The van der Waals surface area contributed by atoms with Crippen LogP contribution in [0.4, 0.5) is 0 Å². The number of nitrogens with zero attached hydrogens (tertiary/aromatic N) is 2. The lowest BCUT2D eigenvalue weighted by Gasteiger charge is -2.12. The molecule has 39 heavy (non-hydrogen) atoms. The maximum absolute atomic E-state index is 6.58. The summed E-state index contributed by atoms with van der Waals surface area (Å²) in [6, 6.07) is 41.9. The van der Waals surface area contributed by atoms with Crippen molar-refractivity contribution in [3.05, 3.63) is 121 Å². The van der Waals surface area contributed by atoms with Crippen LogP contribution in [0.5, 0.6) is 0 Å². The number of benzene rings is 6. The SMILES string of the molecule is c1ccc2oc(-c3cccc4oc5cc(-n6c7ccccc7c7ccccc76)c6ccccc6c5c34)nc2c1. The predicted octanol–water partition coefficient (Wildman–Crippen LogP) is 9.64. The summed E-state index contributed by atoms with van der Waals surface area (Å²) in [7, 11) is 0. The van der Waals surface area contributed by atoms with E-state index < -0.39 is 0 Å². The zero-order chi connectivity index (χ0) is 25.5. The van der Waals surface area contributed by atoms with Crippen LogP contribution in [-0.4, -0.2) is 9.55 Å². The molecular formula is C35H20N2O2. The van der Waals surface area contributed by atoms with E-state index in [0.717, 1.165) is 55.1 Å². The first-order chi connectivity index (χ1) is 19.3. The average molecular weight is 501 g/mol. The van der Waals surface area contributed by atoms with E-state index in [2.05, 4.69) is 89.5 Å². The standard InChI is InChI=1S/C35H20N2O2/c1-2-13-24-23(12-1)29(37-27-16-6-3-10-21(27)22-11-4-7-17-28(22)37)20-32-33(24)34-25(14-9-19-31(34)38-32)35-36-26-15-5-8-18-30(26)39-35/h1-20H. The highest BCUT2D eigenvalue weighted by molar-refractivity contribution is 6.24. The van der Waals surface area contributed by atoms with E-state index in [9.17, 15) is 0 Å². The number of aromatic nitrogens is 2. The molecule has 0 aliphatic rings. The second-order valence-electron chi connectivity index (χ2n) is 9.95. The van der Waals surface area contributed by atoms with Gasteiger partial charge >= 0.3 is 0 Å². The zero-order valence-corrected chi connectivity index (χ0v) is 20.8. The Hall–Kier alpha value is -5.35. The number of hydrogen-bond donors (Lipinski definition) is 0. The van der Waals surface area contributed by atoms with Crippen LogP contribution in [0.25, 0.3) is 82.8 Å². The van der Waals surface area contributed by atoms with Gasteiger partial charge in [0.15, 0.2) is 5.58 Å². The minimum absolute atomic E-state index is 0.597. The van der Waals surface area contributed by atoms with Crippen molar-refractivity contribution in [2.24, 2.45) is 0 Å². The van der Waals surface area contributed by atoms with Gasteiger partial charge in [0.1, 0.15) is 16.7 Å². The number of hydrogen-bond acceptors (Lipinski definition) is 3. The van der Waals surface area contributed by atoms with Gasteiger partial charge in [0.2, 0.25) is 5.89 Å². The molecule has 0 saturated carbocycles. The van der Waals surface area contributed by atoms with Crippen LogP contribution < -0.4 is 0 Å². The summed E-state index contributed by atoms with van der Waals surface area (Å²) in [4.78, 5) is 4.81. The first-order valence-corrected chi connectivity index (χ1v) is 13.1. The normalized spacial score (nSPS) is 12.1. The molecule has 0 amide bonds. The molecule has 0 aliphatic carbocycles. The fourth-order valence-electron chi connectivity index (χ4n) is 6.19. The highest BCUT2D eigenvalue weighted by Crippen LogP contribution is 2.43. The van der Waals surface area contributed by atoms with Gasteiger partial charge in [0.05, 0.1) is 16.7 Å². The molecule has 0 bridgehead atoms. The fourth-order valence-corrected chi connectivity index (χ4v) is 6.19. The van der Waals surface area contributed by atoms with Gasteiger partial charge < -0.3 is 13.4 Å². The van der Waals surface area contributed by atoms with Crippen LogP contribution in [-0.2, 0) is 0 Å². The molecule has 0 unspecified atom stereocenters. The highest BCUT2D eigenvalue weighted by Gasteiger charge is 2.21. The number of fused-ring (bicyclic) bond motifs is 9. The van der Waals surface area contributed by atoms with E-state index in [-0.39, 0.29) is 0 Å². The maximum atomic E-state index is 6.58. The Labute approximate surface area is 222 Å². The molecule has 6 aromatic carbocycles. The molecule has 4 heteroatoms. The third kappa shape index (κ3) is 2.80. The molecule has 0 spiro atoms. The van der Waals surface area contributed by atoms with E-state index in [1.54, 1.807) is 0 Å².